The first-order valence-corrected chi connectivity index (χ1v) is 7.06. The van der Waals surface area contributed by atoms with E-state index in [0.717, 1.165) is 0 Å². The van der Waals surface area contributed by atoms with Gasteiger partial charge in [-0.25, -0.2) is 9.18 Å². The second kappa shape index (κ2) is 7.49. The van der Waals surface area contributed by atoms with Crippen LogP contribution < -0.4 is 4.74 Å². The normalized spacial score (nSPS) is 10.3. The Balaban J connectivity index is 1.77. The van der Waals surface area contributed by atoms with E-state index in [1.165, 1.54) is 36.4 Å². The number of aromatic hydroxyl groups is 2. The Bertz CT molecular complexity index is 682. The summed E-state index contributed by atoms with van der Waals surface area (Å²) >= 11 is 0. The second-order valence-corrected chi connectivity index (χ2v) is 4.92. The summed E-state index contributed by atoms with van der Waals surface area (Å²) in [6.07, 6.45) is 0.432. The van der Waals surface area contributed by atoms with Crippen LogP contribution in [0.4, 0.5) is 4.39 Å². The van der Waals surface area contributed by atoms with Gasteiger partial charge in [0.2, 0.25) is 0 Å². The van der Waals surface area contributed by atoms with Crippen LogP contribution in [0.3, 0.4) is 0 Å². The van der Waals surface area contributed by atoms with Crippen LogP contribution in [0.5, 0.6) is 17.2 Å². The summed E-state index contributed by atoms with van der Waals surface area (Å²) in [5.41, 5.74) is 0.374. The predicted octanol–water partition coefficient (Wildman–Crippen LogP) is 3.17. The van der Waals surface area contributed by atoms with Crippen LogP contribution in [0.2, 0.25) is 0 Å². The highest BCUT2D eigenvalue weighted by molar-refractivity contribution is 5.93. The molecule has 5 nitrogen and oxygen atoms in total. The Morgan fingerprint density at radius 1 is 1.04 bits per heavy atom. The van der Waals surface area contributed by atoms with E-state index in [4.69, 9.17) is 9.47 Å². The number of ether oxygens (including phenoxy) is 2. The van der Waals surface area contributed by atoms with Crippen LogP contribution in [0, 0.1) is 12.7 Å². The van der Waals surface area contributed by atoms with E-state index in [2.05, 4.69) is 0 Å². The molecular weight excluding hydrogens is 303 g/mol. The number of phenols is 2. The van der Waals surface area contributed by atoms with Gasteiger partial charge in [-0.3, -0.25) is 0 Å². The fraction of sp³-hybridized carbons (Fsp3) is 0.235. The monoisotopic (exact) mass is 320 g/mol. The zero-order chi connectivity index (χ0) is 16.8. The van der Waals surface area contributed by atoms with E-state index in [0.29, 0.717) is 24.3 Å². The number of aryl methyl sites for hydroxylation is 1. The molecule has 0 saturated carbocycles. The number of halogens is 1. The van der Waals surface area contributed by atoms with E-state index in [-0.39, 0.29) is 23.7 Å². The SMILES string of the molecule is Cc1ccc(C(=O)OCCCOc2ccc(F)cc2)c(O)c1O. The Morgan fingerprint density at radius 3 is 2.43 bits per heavy atom. The van der Waals surface area contributed by atoms with E-state index in [1.54, 1.807) is 6.92 Å². The molecule has 0 bridgehead atoms. The number of carbonyl (C=O) groups excluding carboxylic acids is 1. The Hall–Kier alpha value is -2.76. The molecule has 0 heterocycles. The summed E-state index contributed by atoms with van der Waals surface area (Å²) in [6, 6.07) is 8.51. The maximum absolute atomic E-state index is 12.7. The fourth-order valence-electron chi connectivity index (χ4n) is 1.87. The molecule has 2 aromatic carbocycles. The smallest absolute Gasteiger partial charge is 0.342 e. The minimum absolute atomic E-state index is 0.0902. The van der Waals surface area contributed by atoms with Gasteiger partial charge in [0.15, 0.2) is 11.5 Å². The third-order valence-electron chi connectivity index (χ3n) is 3.18. The number of hydrogen-bond donors (Lipinski definition) is 2. The summed E-state index contributed by atoms with van der Waals surface area (Å²) in [4.78, 5) is 11.8. The molecule has 0 aliphatic heterocycles. The van der Waals surface area contributed by atoms with Gasteiger partial charge in [-0.05, 0) is 42.8 Å². The summed E-state index contributed by atoms with van der Waals surface area (Å²) in [6.45, 7) is 2.00. The topological polar surface area (TPSA) is 76.0 Å². The first-order chi connectivity index (χ1) is 11.0. The van der Waals surface area contributed by atoms with Crippen molar-refractivity contribution in [3.63, 3.8) is 0 Å². The van der Waals surface area contributed by atoms with Crippen molar-refractivity contribution in [1.29, 1.82) is 0 Å². The molecule has 2 N–H and O–H groups in total. The third-order valence-corrected chi connectivity index (χ3v) is 3.18. The van der Waals surface area contributed by atoms with Gasteiger partial charge in [-0.2, -0.15) is 0 Å². The molecular formula is C17H17FO5. The molecule has 0 unspecified atom stereocenters. The number of rotatable bonds is 6. The van der Waals surface area contributed by atoms with Crippen LogP contribution in [-0.2, 0) is 4.74 Å². The first kappa shape index (κ1) is 16.6. The molecule has 0 atom stereocenters. The maximum Gasteiger partial charge on any atom is 0.342 e. The van der Waals surface area contributed by atoms with Crippen molar-refractivity contribution in [1.82, 2.24) is 0 Å². The minimum Gasteiger partial charge on any atom is -0.504 e. The standard InChI is InChI=1S/C17H17FO5/c1-11-3-8-14(16(20)15(11)19)17(21)23-10-2-9-22-13-6-4-12(18)5-7-13/h3-8,19-20H,2,9-10H2,1H3. The third kappa shape index (κ3) is 4.35. The lowest BCUT2D eigenvalue weighted by Crippen LogP contribution is -2.09. The van der Waals surface area contributed by atoms with E-state index < -0.39 is 11.7 Å². The van der Waals surface area contributed by atoms with Gasteiger partial charge in [0, 0.05) is 6.42 Å². The number of benzene rings is 2. The predicted molar refractivity (Wildman–Crippen MR) is 81.3 cm³/mol. The van der Waals surface area contributed by atoms with Crippen LogP contribution in [0.25, 0.3) is 0 Å². The van der Waals surface area contributed by atoms with Crippen molar-refractivity contribution in [2.45, 2.75) is 13.3 Å². The molecule has 0 amide bonds. The zero-order valence-electron chi connectivity index (χ0n) is 12.6. The first-order valence-electron chi connectivity index (χ1n) is 7.06. The van der Waals surface area contributed by atoms with Crippen molar-refractivity contribution in [3.05, 3.63) is 53.3 Å². The highest BCUT2D eigenvalue weighted by Gasteiger charge is 2.16. The van der Waals surface area contributed by atoms with Gasteiger partial charge < -0.3 is 19.7 Å². The molecule has 2 aromatic rings. The van der Waals surface area contributed by atoms with Crippen molar-refractivity contribution in [3.8, 4) is 17.2 Å². The maximum atomic E-state index is 12.7. The Labute approximate surface area is 132 Å². The molecule has 0 aliphatic carbocycles. The van der Waals surface area contributed by atoms with Crippen molar-refractivity contribution >= 4 is 5.97 Å². The summed E-state index contributed by atoms with van der Waals surface area (Å²) < 4.78 is 23.1. The van der Waals surface area contributed by atoms with Gasteiger partial charge in [0.25, 0.3) is 0 Å². The largest absolute Gasteiger partial charge is 0.504 e. The molecule has 23 heavy (non-hydrogen) atoms. The van der Waals surface area contributed by atoms with Gasteiger partial charge in [-0.1, -0.05) is 6.07 Å². The quantitative estimate of drug-likeness (QED) is 0.486. The summed E-state index contributed by atoms with van der Waals surface area (Å²) in [7, 11) is 0. The van der Waals surface area contributed by atoms with Crippen LogP contribution in [0.15, 0.2) is 36.4 Å². The van der Waals surface area contributed by atoms with Crippen LogP contribution >= 0.6 is 0 Å². The molecule has 2 rings (SSSR count). The second-order valence-electron chi connectivity index (χ2n) is 4.92. The van der Waals surface area contributed by atoms with Gasteiger partial charge in [0.05, 0.1) is 13.2 Å². The highest BCUT2D eigenvalue weighted by atomic mass is 19.1. The summed E-state index contributed by atoms with van der Waals surface area (Å²) in [5.74, 6) is -1.36. The van der Waals surface area contributed by atoms with E-state index in [1.807, 2.05) is 0 Å². The molecule has 0 radical (unpaired) electrons. The molecule has 0 aromatic heterocycles. The lowest BCUT2D eigenvalue weighted by molar-refractivity contribution is 0.0482. The molecule has 0 aliphatic rings. The van der Waals surface area contributed by atoms with Crippen molar-refractivity contribution in [2.24, 2.45) is 0 Å². The van der Waals surface area contributed by atoms with Crippen molar-refractivity contribution < 1.29 is 28.9 Å². The molecule has 0 fully saturated rings. The minimum atomic E-state index is -0.723. The van der Waals surface area contributed by atoms with Gasteiger partial charge in [-0.15, -0.1) is 0 Å². The molecule has 0 saturated heterocycles. The Morgan fingerprint density at radius 2 is 1.74 bits per heavy atom. The number of phenolic OH excluding ortho intramolecular Hbond substituents is 2. The number of esters is 1. The molecule has 122 valence electrons. The highest BCUT2D eigenvalue weighted by Crippen LogP contribution is 2.32. The average molecular weight is 320 g/mol. The molecule has 6 heteroatoms. The fourth-order valence-corrected chi connectivity index (χ4v) is 1.87. The molecule has 0 spiro atoms. The Kier molecular flexibility index (Phi) is 5.41. The zero-order valence-corrected chi connectivity index (χ0v) is 12.6. The van der Waals surface area contributed by atoms with Gasteiger partial charge >= 0.3 is 5.97 Å². The van der Waals surface area contributed by atoms with E-state index in [9.17, 15) is 19.4 Å². The van der Waals surface area contributed by atoms with Crippen LogP contribution in [0.1, 0.15) is 22.3 Å². The number of hydrogen-bond acceptors (Lipinski definition) is 5. The van der Waals surface area contributed by atoms with Crippen LogP contribution in [-0.4, -0.2) is 29.4 Å². The summed E-state index contributed by atoms with van der Waals surface area (Å²) in [5, 5.41) is 19.3. The van der Waals surface area contributed by atoms with E-state index >= 15 is 0 Å². The average Bonchev–Trinajstić information content (AvgIpc) is 2.54. The van der Waals surface area contributed by atoms with Crippen molar-refractivity contribution in [2.75, 3.05) is 13.2 Å². The number of carbonyl (C=O) groups is 1. The lowest BCUT2D eigenvalue weighted by atomic mass is 10.1. The lowest BCUT2D eigenvalue weighted by Gasteiger charge is -2.09. The van der Waals surface area contributed by atoms with Gasteiger partial charge in [0.1, 0.15) is 17.1 Å².